The molecule has 0 heterocycles. The van der Waals surface area contributed by atoms with Crippen molar-refractivity contribution in [3.63, 3.8) is 0 Å². The van der Waals surface area contributed by atoms with E-state index in [0.29, 0.717) is 22.6 Å². The molecule has 31 heavy (non-hydrogen) atoms. The summed E-state index contributed by atoms with van der Waals surface area (Å²) in [5, 5.41) is 13.4. The Labute approximate surface area is 182 Å². The number of nitrogens with zero attached hydrogens (tertiary/aromatic N) is 1. The Balaban J connectivity index is 2.21. The van der Waals surface area contributed by atoms with E-state index in [0.717, 1.165) is 24.3 Å². The van der Waals surface area contributed by atoms with Crippen molar-refractivity contribution in [2.24, 2.45) is 0 Å². The SMILES string of the molecule is O=S(=O)([O-])c1cccc(N(c2cccc(SOO[O-])c2)c2cccc(S(=O)(=O)[O-])c2)c1. The van der Waals surface area contributed by atoms with Crippen molar-refractivity contribution in [2.45, 2.75) is 14.7 Å². The fraction of sp³-hybridized carbons (Fsp3) is 0. The largest absolute Gasteiger partial charge is 0.744 e. The van der Waals surface area contributed by atoms with Crippen LogP contribution in [0.3, 0.4) is 0 Å². The lowest BCUT2D eigenvalue weighted by Crippen LogP contribution is -2.12. The van der Waals surface area contributed by atoms with Gasteiger partial charge in [-0.15, -0.1) is 0 Å². The Hall–Kier alpha value is -2.49. The molecule has 3 aromatic carbocycles. The third-order valence-electron chi connectivity index (χ3n) is 3.96. The van der Waals surface area contributed by atoms with Crippen LogP contribution >= 0.6 is 12.0 Å². The summed E-state index contributed by atoms with van der Waals surface area (Å²) >= 11 is 0.604. The van der Waals surface area contributed by atoms with E-state index in [2.05, 4.69) is 9.37 Å². The van der Waals surface area contributed by atoms with Crippen LogP contribution in [0.2, 0.25) is 0 Å². The summed E-state index contributed by atoms with van der Waals surface area (Å²) in [6, 6.07) is 16.4. The van der Waals surface area contributed by atoms with Crippen molar-refractivity contribution in [2.75, 3.05) is 4.90 Å². The molecule has 0 aliphatic rings. The Bertz CT molecular complexity index is 1220. The molecule has 0 amide bonds. The second-order valence-electron chi connectivity index (χ2n) is 5.96. The van der Waals surface area contributed by atoms with Crippen molar-refractivity contribution in [1.29, 1.82) is 0 Å². The van der Waals surface area contributed by atoms with Crippen LogP contribution in [0.15, 0.2) is 87.5 Å². The smallest absolute Gasteiger partial charge is 0.124 e. The normalized spacial score (nSPS) is 12.0. The Morgan fingerprint density at radius 3 is 1.61 bits per heavy atom. The average molecular weight is 482 g/mol. The van der Waals surface area contributed by atoms with Gasteiger partial charge in [-0.1, -0.05) is 18.2 Å². The first kappa shape index (κ1) is 23.2. The van der Waals surface area contributed by atoms with Gasteiger partial charge in [0.1, 0.15) is 20.2 Å². The molecule has 0 N–H and O–H groups in total. The predicted molar refractivity (Wildman–Crippen MR) is 105 cm³/mol. The molecule has 0 aliphatic heterocycles. The Kier molecular flexibility index (Phi) is 6.98. The molecule has 0 unspecified atom stereocenters. The topological polar surface area (TPSA) is 159 Å². The van der Waals surface area contributed by atoms with Crippen molar-refractivity contribution in [3.05, 3.63) is 72.8 Å². The van der Waals surface area contributed by atoms with Gasteiger partial charge in [0, 0.05) is 22.0 Å². The minimum Gasteiger partial charge on any atom is -0.744 e. The Morgan fingerprint density at radius 1 is 0.710 bits per heavy atom. The molecular weight excluding hydrogens is 470 g/mol. The fourth-order valence-corrected chi connectivity index (χ4v) is 4.16. The maximum absolute atomic E-state index is 11.5. The lowest BCUT2D eigenvalue weighted by atomic mass is 10.2. The van der Waals surface area contributed by atoms with E-state index in [-0.39, 0.29) is 11.4 Å². The monoisotopic (exact) mass is 482 g/mol. The van der Waals surface area contributed by atoms with Crippen LogP contribution in [0.1, 0.15) is 0 Å². The van der Waals surface area contributed by atoms with Gasteiger partial charge in [0.25, 0.3) is 0 Å². The minimum absolute atomic E-state index is 0.195. The molecule has 0 fully saturated rings. The lowest BCUT2D eigenvalue weighted by molar-refractivity contribution is -0.777. The highest BCUT2D eigenvalue weighted by Crippen LogP contribution is 2.37. The molecule has 0 aromatic heterocycles. The van der Waals surface area contributed by atoms with Gasteiger partial charge in [-0.3, -0.25) is 5.04 Å². The molecule has 0 saturated heterocycles. The molecule has 164 valence electrons. The van der Waals surface area contributed by atoms with Crippen LogP contribution in [0.5, 0.6) is 0 Å². The van der Waals surface area contributed by atoms with Gasteiger partial charge in [0.05, 0.1) is 21.8 Å². The van der Waals surface area contributed by atoms with Gasteiger partial charge in [0.2, 0.25) is 0 Å². The van der Waals surface area contributed by atoms with E-state index in [1.807, 2.05) is 0 Å². The zero-order valence-corrected chi connectivity index (χ0v) is 17.7. The maximum atomic E-state index is 11.5. The quantitative estimate of drug-likeness (QED) is 0.200. The van der Waals surface area contributed by atoms with Crippen LogP contribution < -0.4 is 10.2 Å². The van der Waals surface area contributed by atoms with Gasteiger partial charge >= 0.3 is 0 Å². The maximum Gasteiger partial charge on any atom is 0.124 e. The first-order chi connectivity index (χ1) is 14.6. The summed E-state index contributed by atoms with van der Waals surface area (Å²) in [7, 11) is -9.55. The molecule has 0 saturated carbocycles. The standard InChI is InChI=1S/C18H15NO9S3/c20-27-28-29-16-7-1-4-13(10-16)19(14-5-2-8-17(11-14)30(21,22)23)15-6-3-9-18(12-15)31(24,25)26/h1-12,20H,(H,21,22,23)(H,24,25,26)/p-3. The summed E-state index contributed by atoms with van der Waals surface area (Å²) < 4.78 is 73.2. The van der Waals surface area contributed by atoms with E-state index < -0.39 is 30.0 Å². The molecule has 0 spiro atoms. The highest BCUT2D eigenvalue weighted by Gasteiger charge is 2.16. The van der Waals surface area contributed by atoms with Crippen molar-refractivity contribution < 1.29 is 40.6 Å². The highest BCUT2D eigenvalue weighted by atomic mass is 32.2. The van der Waals surface area contributed by atoms with Gasteiger partial charge in [-0.05, 0) is 54.6 Å². The molecule has 13 heteroatoms. The van der Waals surface area contributed by atoms with E-state index in [4.69, 9.17) is 0 Å². The minimum atomic E-state index is -4.77. The first-order valence-electron chi connectivity index (χ1n) is 8.25. The molecule has 0 aliphatic carbocycles. The third kappa shape index (κ3) is 5.81. The summed E-state index contributed by atoms with van der Waals surface area (Å²) in [4.78, 5) is 0.830. The van der Waals surface area contributed by atoms with Crippen LogP contribution in [0.4, 0.5) is 17.1 Å². The molecule has 0 atom stereocenters. The molecule has 3 aromatic rings. The second-order valence-corrected chi connectivity index (χ2v) is 9.49. The van der Waals surface area contributed by atoms with Crippen molar-refractivity contribution >= 4 is 49.3 Å². The molecule has 10 nitrogen and oxygen atoms in total. The van der Waals surface area contributed by atoms with Crippen molar-refractivity contribution in [1.82, 2.24) is 0 Å². The van der Waals surface area contributed by atoms with Gasteiger partial charge in [0.15, 0.2) is 0 Å². The average Bonchev–Trinajstić information content (AvgIpc) is 2.72. The van der Waals surface area contributed by atoms with E-state index >= 15 is 0 Å². The number of hydrogen-bond donors (Lipinski definition) is 0. The predicted octanol–water partition coefficient (Wildman–Crippen LogP) is 2.20. The highest BCUT2D eigenvalue weighted by molar-refractivity contribution is 7.94. The summed E-state index contributed by atoms with van der Waals surface area (Å²) in [5.41, 5.74) is 0.765. The summed E-state index contributed by atoms with van der Waals surface area (Å²) in [6.45, 7) is 0. The van der Waals surface area contributed by atoms with E-state index in [1.54, 1.807) is 18.2 Å². The zero-order valence-electron chi connectivity index (χ0n) is 15.3. The van der Waals surface area contributed by atoms with Gasteiger partial charge < -0.3 is 19.3 Å². The number of benzene rings is 3. The summed E-state index contributed by atoms with van der Waals surface area (Å²) in [5.74, 6) is 0. The van der Waals surface area contributed by atoms with E-state index in [1.165, 1.54) is 35.2 Å². The number of rotatable bonds is 8. The van der Waals surface area contributed by atoms with Crippen LogP contribution in [0.25, 0.3) is 0 Å². The van der Waals surface area contributed by atoms with Crippen LogP contribution in [0, 0.1) is 0 Å². The number of anilines is 3. The third-order valence-corrected chi connectivity index (χ3v) is 6.20. The zero-order chi connectivity index (χ0) is 22.6. The fourth-order valence-electron chi connectivity index (χ4n) is 2.73. The summed E-state index contributed by atoms with van der Waals surface area (Å²) in [6.07, 6.45) is 0. The Morgan fingerprint density at radius 2 is 1.16 bits per heavy atom. The molecule has 0 bridgehead atoms. The van der Waals surface area contributed by atoms with E-state index in [9.17, 15) is 31.2 Å². The van der Waals surface area contributed by atoms with Crippen LogP contribution in [-0.4, -0.2) is 25.9 Å². The molecular formula is C18H12NO9S3-3. The van der Waals surface area contributed by atoms with Crippen LogP contribution in [-0.2, 0) is 29.6 Å². The molecule has 3 rings (SSSR count). The van der Waals surface area contributed by atoms with Gasteiger partial charge in [-0.25, -0.2) is 16.8 Å². The van der Waals surface area contributed by atoms with Gasteiger partial charge in [-0.2, -0.15) is 4.33 Å². The first-order valence-corrected chi connectivity index (χ1v) is 11.8. The second kappa shape index (κ2) is 9.33. The van der Waals surface area contributed by atoms with Crippen molar-refractivity contribution in [3.8, 4) is 0 Å². The molecule has 0 radical (unpaired) electrons. The number of hydrogen-bond acceptors (Lipinski definition) is 11. The lowest BCUT2D eigenvalue weighted by Gasteiger charge is -2.27.